The van der Waals surface area contributed by atoms with Crippen LogP contribution in [0.1, 0.15) is 97.8 Å². The molecule has 1 fully saturated rings. The molecule has 0 spiro atoms. The van der Waals surface area contributed by atoms with Gasteiger partial charge >= 0.3 is 6.09 Å². The molecular weight excluding hydrogens is 600 g/mol. The van der Waals surface area contributed by atoms with Crippen LogP contribution >= 0.6 is 0 Å². The Hall–Kier alpha value is -3.88. The van der Waals surface area contributed by atoms with Crippen molar-refractivity contribution in [2.75, 3.05) is 13.2 Å². The lowest BCUT2D eigenvalue weighted by molar-refractivity contribution is -0.0821. The smallest absolute Gasteiger partial charge is 0.410 e. The molecule has 6 rings (SSSR count). The molecule has 3 aromatic rings. The Morgan fingerprint density at radius 1 is 1.00 bits per heavy atom. The number of halogens is 2. The summed E-state index contributed by atoms with van der Waals surface area (Å²) in [5.74, 6) is -2.89. The molecule has 0 unspecified atom stereocenters. The van der Waals surface area contributed by atoms with Crippen molar-refractivity contribution in [1.82, 2.24) is 4.90 Å². The Balaban J connectivity index is 1.60. The van der Waals surface area contributed by atoms with Crippen LogP contribution in [0.4, 0.5) is 13.6 Å². The third-order valence-corrected chi connectivity index (χ3v) is 10.3. The fourth-order valence-electron chi connectivity index (χ4n) is 7.51. The average molecular weight is 646 g/mol. The van der Waals surface area contributed by atoms with Gasteiger partial charge in [0.25, 0.3) is 0 Å². The minimum absolute atomic E-state index is 0.0221. The Bertz CT molecular complexity index is 1620. The molecule has 3 aliphatic rings. The largest absolute Gasteiger partial charge is 0.450 e. The molecule has 0 heterocycles. The van der Waals surface area contributed by atoms with Crippen molar-refractivity contribution in [2.45, 2.75) is 89.9 Å². The molecule has 47 heavy (non-hydrogen) atoms. The van der Waals surface area contributed by atoms with E-state index in [-0.39, 0.29) is 31.2 Å². The molecule has 1 saturated carbocycles. The average Bonchev–Trinajstić information content (AvgIpc) is 3.30. The van der Waals surface area contributed by atoms with Crippen LogP contribution < -0.4 is 0 Å². The fraction of sp³-hybridized carbons (Fsp3) is 0.436. The van der Waals surface area contributed by atoms with Gasteiger partial charge in [-0.25, -0.2) is 13.6 Å². The van der Waals surface area contributed by atoms with Crippen LogP contribution in [0.5, 0.6) is 0 Å². The summed E-state index contributed by atoms with van der Waals surface area (Å²) in [6.45, 7) is 6.33. The number of ether oxygens (including phenoxy) is 1. The van der Waals surface area contributed by atoms with Crippen LogP contribution in [0, 0.1) is 17.0 Å². The maximum absolute atomic E-state index is 14.3. The van der Waals surface area contributed by atoms with Gasteiger partial charge in [0, 0.05) is 23.1 Å². The van der Waals surface area contributed by atoms with E-state index in [2.05, 4.69) is 6.08 Å². The highest BCUT2D eigenvalue weighted by atomic mass is 19.2. The molecule has 2 N–H and O–H groups in total. The molecule has 0 aliphatic heterocycles. The SMILES string of the molecule is CCOC(=O)N(Cc1ccccc1)C[C@]1(O)CC[C@H]2c3ccc(cc3C(=O)c3ccc(F)c(F)c3)C[C@@H](O)CCC(C)=CCC[C@@]21C. The summed E-state index contributed by atoms with van der Waals surface area (Å²) in [6.07, 6.45) is 4.76. The van der Waals surface area contributed by atoms with E-state index in [0.717, 1.165) is 28.8 Å². The zero-order chi connectivity index (χ0) is 33.8. The molecule has 6 nitrogen and oxygen atoms in total. The van der Waals surface area contributed by atoms with E-state index in [1.165, 1.54) is 6.07 Å². The summed E-state index contributed by atoms with van der Waals surface area (Å²) in [4.78, 5) is 28.9. The lowest BCUT2D eigenvalue weighted by Crippen LogP contribution is -2.53. The maximum Gasteiger partial charge on any atom is 0.410 e. The highest BCUT2D eigenvalue weighted by Gasteiger charge is 2.57. The summed E-state index contributed by atoms with van der Waals surface area (Å²) < 4.78 is 33.6. The fourth-order valence-corrected chi connectivity index (χ4v) is 7.51. The number of nitrogens with zero attached hydrogens (tertiary/aromatic N) is 1. The number of aliphatic hydroxyl groups excluding tert-OH is 1. The molecule has 0 radical (unpaired) electrons. The number of hydrogen-bond acceptors (Lipinski definition) is 5. The minimum Gasteiger partial charge on any atom is -0.450 e. The number of amides is 1. The molecule has 3 aliphatic carbocycles. The van der Waals surface area contributed by atoms with Crippen molar-refractivity contribution in [2.24, 2.45) is 5.41 Å². The highest BCUT2D eigenvalue weighted by molar-refractivity contribution is 6.10. The number of benzene rings is 3. The second-order valence-electron chi connectivity index (χ2n) is 13.4. The number of fused-ring (bicyclic) bond motifs is 8. The van der Waals surface area contributed by atoms with E-state index < -0.39 is 40.6 Å². The monoisotopic (exact) mass is 645 g/mol. The van der Waals surface area contributed by atoms with Crippen LogP contribution in [0.2, 0.25) is 0 Å². The predicted molar refractivity (Wildman–Crippen MR) is 177 cm³/mol. The van der Waals surface area contributed by atoms with E-state index in [0.29, 0.717) is 56.1 Å². The van der Waals surface area contributed by atoms with E-state index in [1.807, 2.05) is 56.3 Å². The summed E-state index contributed by atoms with van der Waals surface area (Å²) in [6, 6.07) is 18.3. The van der Waals surface area contributed by atoms with Crippen LogP contribution in [-0.2, 0) is 17.7 Å². The van der Waals surface area contributed by atoms with Gasteiger partial charge < -0.3 is 19.8 Å². The van der Waals surface area contributed by atoms with Crippen LogP contribution in [0.25, 0.3) is 0 Å². The first-order chi connectivity index (χ1) is 22.4. The normalized spacial score (nSPS) is 24.6. The molecule has 1 amide bonds. The third-order valence-electron chi connectivity index (χ3n) is 10.3. The third kappa shape index (κ3) is 7.49. The Kier molecular flexibility index (Phi) is 10.6. The second-order valence-corrected chi connectivity index (χ2v) is 13.4. The summed E-state index contributed by atoms with van der Waals surface area (Å²) in [5, 5.41) is 23.5. The van der Waals surface area contributed by atoms with Gasteiger partial charge in [0.05, 0.1) is 24.9 Å². The van der Waals surface area contributed by atoms with Crippen LogP contribution in [0.15, 0.2) is 78.4 Å². The van der Waals surface area contributed by atoms with Gasteiger partial charge in [-0.2, -0.15) is 0 Å². The number of carbonyl (C=O) groups is 2. The van der Waals surface area contributed by atoms with Crippen molar-refractivity contribution < 1.29 is 33.3 Å². The zero-order valence-corrected chi connectivity index (χ0v) is 27.5. The number of hydrogen-bond donors (Lipinski definition) is 2. The van der Waals surface area contributed by atoms with Gasteiger partial charge in [-0.3, -0.25) is 4.79 Å². The number of ketones is 1. The zero-order valence-electron chi connectivity index (χ0n) is 27.5. The minimum atomic E-state index is -1.34. The number of rotatable bonds is 7. The number of aliphatic hydroxyl groups is 2. The summed E-state index contributed by atoms with van der Waals surface area (Å²) >= 11 is 0. The van der Waals surface area contributed by atoms with Crippen molar-refractivity contribution in [1.29, 1.82) is 0 Å². The number of carbonyl (C=O) groups excluding carboxylic acids is 2. The first-order valence-electron chi connectivity index (χ1n) is 16.6. The highest BCUT2D eigenvalue weighted by Crippen LogP contribution is 2.59. The van der Waals surface area contributed by atoms with E-state index in [4.69, 9.17) is 4.74 Å². The quantitative estimate of drug-likeness (QED) is 0.202. The second kappa shape index (κ2) is 14.5. The lowest BCUT2D eigenvalue weighted by atomic mass is 9.64. The Morgan fingerprint density at radius 2 is 1.77 bits per heavy atom. The molecule has 0 aromatic heterocycles. The molecular formula is C39H45F2NO5. The van der Waals surface area contributed by atoms with Crippen molar-refractivity contribution in [3.05, 3.63) is 118 Å². The molecule has 2 bridgehead atoms. The molecule has 3 aromatic carbocycles. The standard InChI is InChI=1S/C39H45F2NO5/c1-4-47-37(45)42(24-27-10-6-5-7-11-27)25-39(46)20-18-33-31-16-13-28(21-30(43)15-12-26(2)9-8-19-38(33,39)3)22-32(31)36(44)29-14-17-34(40)35(41)23-29/h5-7,9-11,13-14,16-17,22-23,30,33,43,46H,4,8,12,15,18-21,24-25H2,1-3H3/t30-,33-,38-,39+/m0/s1. The first-order valence-corrected chi connectivity index (χ1v) is 16.6. The van der Waals surface area contributed by atoms with Crippen molar-refractivity contribution in [3.8, 4) is 0 Å². The number of allylic oxidation sites excluding steroid dienone is 2. The Morgan fingerprint density at radius 3 is 2.49 bits per heavy atom. The summed E-state index contributed by atoms with van der Waals surface area (Å²) in [5.41, 5.74) is 1.77. The van der Waals surface area contributed by atoms with Gasteiger partial charge in [-0.1, -0.05) is 61.0 Å². The first kappa shape index (κ1) is 34.5. The van der Waals surface area contributed by atoms with Crippen molar-refractivity contribution >= 4 is 11.9 Å². The van der Waals surface area contributed by atoms with Crippen LogP contribution in [-0.4, -0.2) is 51.8 Å². The van der Waals surface area contributed by atoms with E-state index >= 15 is 0 Å². The van der Waals surface area contributed by atoms with Crippen LogP contribution in [0.3, 0.4) is 0 Å². The Labute approximate surface area is 276 Å². The van der Waals surface area contributed by atoms with E-state index in [1.54, 1.807) is 17.9 Å². The van der Waals surface area contributed by atoms with E-state index in [9.17, 15) is 28.6 Å². The predicted octanol–water partition coefficient (Wildman–Crippen LogP) is 7.89. The van der Waals surface area contributed by atoms with Crippen molar-refractivity contribution in [3.63, 3.8) is 0 Å². The van der Waals surface area contributed by atoms with Gasteiger partial charge in [0.2, 0.25) is 0 Å². The maximum atomic E-state index is 14.3. The molecule has 0 saturated heterocycles. The van der Waals surface area contributed by atoms with Gasteiger partial charge in [-0.15, -0.1) is 0 Å². The summed E-state index contributed by atoms with van der Waals surface area (Å²) in [7, 11) is 0. The molecule has 250 valence electrons. The topological polar surface area (TPSA) is 87.1 Å². The lowest BCUT2D eigenvalue weighted by Gasteiger charge is -2.46. The van der Waals surface area contributed by atoms with Gasteiger partial charge in [0.1, 0.15) is 0 Å². The molecule has 8 heteroatoms. The van der Waals surface area contributed by atoms with Gasteiger partial charge in [0.15, 0.2) is 17.4 Å². The molecule has 4 atom stereocenters. The van der Waals surface area contributed by atoms with Gasteiger partial charge in [-0.05, 0) is 106 Å².